The van der Waals surface area contributed by atoms with Crippen molar-refractivity contribution in [3.63, 3.8) is 0 Å². The van der Waals surface area contributed by atoms with Gasteiger partial charge in [-0.2, -0.15) is 0 Å². The average Bonchev–Trinajstić information content (AvgIpc) is 2.70. The molecule has 0 radical (unpaired) electrons. The molecule has 5 nitrogen and oxygen atoms in total. The summed E-state index contributed by atoms with van der Waals surface area (Å²) < 4.78 is 43.4. The Hall–Kier alpha value is -3.16. The number of pyridine rings is 1. The quantitative estimate of drug-likeness (QED) is 0.696. The second kappa shape index (κ2) is 7.93. The Labute approximate surface area is 171 Å². The predicted molar refractivity (Wildman–Crippen MR) is 108 cm³/mol. The average molecular weight is 415 g/mol. The first kappa shape index (κ1) is 20.1. The van der Waals surface area contributed by atoms with Gasteiger partial charge in [-0.3, -0.25) is 4.79 Å². The topological polar surface area (TPSA) is 54.8 Å². The minimum atomic E-state index is -4.80. The van der Waals surface area contributed by atoms with E-state index in [9.17, 15) is 18.0 Å². The fraction of sp³-hybridized carbons (Fsp3) is 0.318. The van der Waals surface area contributed by atoms with Gasteiger partial charge < -0.3 is 9.64 Å². The van der Waals surface area contributed by atoms with Crippen LogP contribution in [0.4, 0.5) is 24.5 Å². The summed E-state index contributed by atoms with van der Waals surface area (Å²) in [4.78, 5) is 22.8. The van der Waals surface area contributed by atoms with Crippen LogP contribution in [0.15, 0.2) is 47.5 Å². The normalized spacial score (nSPS) is 17.9. The molecule has 156 valence electrons. The zero-order valence-corrected chi connectivity index (χ0v) is 16.4. The first-order chi connectivity index (χ1) is 14.3. The van der Waals surface area contributed by atoms with Crippen LogP contribution in [0, 0.1) is 6.92 Å². The van der Waals surface area contributed by atoms with E-state index in [1.165, 1.54) is 12.1 Å². The maximum Gasteiger partial charge on any atom is 0.573 e. The molecule has 2 heterocycles. The first-order valence-electron chi connectivity index (χ1n) is 9.74. The summed E-state index contributed by atoms with van der Waals surface area (Å²) in [6.45, 7) is 3.15. The molecule has 1 aromatic heterocycles. The highest BCUT2D eigenvalue weighted by Crippen LogP contribution is 2.37. The summed E-state index contributed by atoms with van der Waals surface area (Å²) in [5, 5.41) is 0. The number of benzene rings is 1. The molecule has 30 heavy (non-hydrogen) atoms. The molecule has 0 spiro atoms. The van der Waals surface area contributed by atoms with Gasteiger partial charge in [-0.1, -0.05) is 0 Å². The molecule has 1 fully saturated rings. The number of ketones is 1. The van der Waals surface area contributed by atoms with Crippen molar-refractivity contribution in [1.82, 2.24) is 4.98 Å². The molecule has 1 saturated heterocycles. The lowest BCUT2D eigenvalue weighted by atomic mass is 9.98. The lowest BCUT2D eigenvalue weighted by molar-refractivity contribution is -0.274. The fourth-order valence-corrected chi connectivity index (χ4v) is 3.69. The van der Waals surface area contributed by atoms with E-state index in [0.29, 0.717) is 41.4 Å². The van der Waals surface area contributed by atoms with Gasteiger partial charge in [0.15, 0.2) is 5.75 Å². The SMILES string of the molecule is Cc1ccc2c(n1)C(=O)C=CC2=Nc1ccc(N2CCCCC2)c(OC(F)(F)F)c1. The van der Waals surface area contributed by atoms with Gasteiger partial charge in [-0.25, -0.2) is 9.98 Å². The Bertz CT molecular complexity index is 1040. The number of hydrogen-bond donors (Lipinski definition) is 0. The molecule has 1 aliphatic carbocycles. The van der Waals surface area contributed by atoms with Gasteiger partial charge in [-0.15, -0.1) is 13.2 Å². The summed E-state index contributed by atoms with van der Waals surface area (Å²) in [5.41, 5.74) is 2.70. The van der Waals surface area contributed by atoms with E-state index >= 15 is 0 Å². The highest BCUT2D eigenvalue weighted by Gasteiger charge is 2.33. The molecule has 2 aliphatic rings. The number of carbonyl (C=O) groups excluding carboxylic acids is 1. The number of aryl methyl sites for hydroxylation is 1. The van der Waals surface area contributed by atoms with Crippen molar-refractivity contribution in [2.24, 2.45) is 4.99 Å². The zero-order valence-electron chi connectivity index (χ0n) is 16.4. The number of hydrogen-bond acceptors (Lipinski definition) is 5. The smallest absolute Gasteiger partial charge is 0.403 e. The number of carbonyl (C=O) groups is 1. The molecule has 8 heteroatoms. The number of ether oxygens (including phenoxy) is 1. The number of aromatic nitrogens is 1. The number of allylic oxidation sites excluding steroid dienone is 2. The molecule has 0 saturated carbocycles. The molecule has 1 aromatic carbocycles. The van der Waals surface area contributed by atoms with E-state index in [0.717, 1.165) is 19.3 Å². The monoisotopic (exact) mass is 415 g/mol. The van der Waals surface area contributed by atoms with Crippen molar-refractivity contribution >= 4 is 22.9 Å². The van der Waals surface area contributed by atoms with E-state index in [-0.39, 0.29) is 17.2 Å². The first-order valence-corrected chi connectivity index (χ1v) is 9.74. The molecule has 2 aromatic rings. The van der Waals surface area contributed by atoms with Gasteiger partial charge in [0.25, 0.3) is 0 Å². The van der Waals surface area contributed by atoms with Crippen molar-refractivity contribution < 1.29 is 22.7 Å². The van der Waals surface area contributed by atoms with Crippen molar-refractivity contribution in [1.29, 1.82) is 0 Å². The summed E-state index contributed by atoms with van der Waals surface area (Å²) in [6.07, 6.45) is 1.03. The maximum atomic E-state index is 13.0. The van der Waals surface area contributed by atoms with E-state index < -0.39 is 6.36 Å². The molecule has 1 aliphatic heterocycles. The van der Waals surface area contributed by atoms with Crippen LogP contribution >= 0.6 is 0 Å². The number of nitrogens with zero attached hydrogens (tertiary/aromatic N) is 3. The lowest BCUT2D eigenvalue weighted by Crippen LogP contribution is -2.30. The molecular weight excluding hydrogens is 395 g/mol. The molecule has 0 N–H and O–H groups in total. The minimum Gasteiger partial charge on any atom is -0.403 e. The van der Waals surface area contributed by atoms with Crippen LogP contribution < -0.4 is 9.64 Å². The van der Waals surface area contributed by atoms with Crippen LogP contribution in [-0.2, 0) is 0 Å². The lowest BCUT2D eigenvalue weighted by Gasteiger charge is -2.30. The maximum absolute atomic E-state index is 13.0. The molecule has 0 bridgehead atoms. The highest BCUT2D eigenvalue weighted by atomic mass is 19.4. The van der Waals surface area contributed by atoms with Gasteiger partial charge in [0.05, 0.1) is 17.1 Å². The van der Waals surface area contributed by atoms with Crippen molar-refractivity contribution in [3.8, 4) is 5.75 Å². The van der Waals surface area contributed by atoms with Crippen LogP contribution in [0.3, 0.4) is 0 Å². The molecule has 0 amide bonds. The summed E-state index contributed by atoms with van der Waals surface area (Å²) in [7, 11) is 0. The van der Waals surface area contributed by atoms with E-state index in [4.69, 9.17) is 0 Å². The molecular formula is C22H20F3N3O2. The number of piperidine rings is 1. The van der Waals surface area contributed by atoms with Crippen LogP contribution in [0.5, 0.6) is 5.75 Å². The number of aliphatic imine (C=N–C) groups is 1. The summed E-state index contributed by atoms with van der Waals surface area (Å²) >= 11 is 0. The van der Waals surface area contributed by atoms with Crippen LogP contribution in [0.2, 0.25) is 0 Å². The molecule has 0 atom stereocenters. The Balaban J connectivity index is 1.74. The second-order valence-electron chi connectivity index (χ2n) is 7.29. The molecule has 0 unspecified atom stereocenters. The van der Waals surface area contributed by atoms with Gasteiger partial charge >= 0.3 is 6.36 Å². The van der Waals surface area contributed by atoms with Gasteiger partial charge in [0, 0.05) is 30.4 Å². The molecule has 4 rings (SSSR count). The largest absolute Gasteiger partial charge is 0.573 e. The van der Waals surface area contributed by atoms with Crippen molar-refractivity contribution in [3.05, 3.63) is 59.4 Å². The number of fused-ring (bicyclic) bond motifs is 1. The Morgan fingerprint density at radius 2 is 1.83 bits per heavy atom. The second-order valence-corrected chi connectivity index (χ2v) is 7.29. The predicted octanol–water partition coefficient (Wildman–Crippen LogP) is 5.15. The van der Waals surface area contributed by atoms with Gasteiger partial charge in [0.2, 0.25) is 5.78 Å². The van der Waals surface area contributed by atoms with Crippen LogP contribution in [0.25, 0.3) is 0 Å². The third-order valence-corrected chi connectivity index (χ3v) is 5.05. The zero-order chi connectivity index (χ0) is 21.3. The summed E-state index contributed by atoms with van der Waals surface area (Å²) in [6, 6.07) is 8.06. The fourth-order valence-electron chi connectivity index (χ4n) is 3.69. The van der Waals surface area contributed by atoms with E-state index in [1.54, 1.807) is 37.3 Å². The van der Waals surface area contributed by atoms with Gasteiger partial charge in [0.1, 0.15) is 5.69 Å². The minimum absolute atomic E-state index is 0.228. The van der Waals surface area contributed by atoms with Crippen LogP contribution in [-0.4, -0.2) is 35.9 Å². The Morgan fingerprint density at radius 3 is 2.57 bits per heavy atom. The standard InChI is InChI=1S/C22H20F3N3O2/c1-14-5-7-16-17(8-10-19(29)21(16)26-14)27-15-6-9-18(28-11-3-2-4-12-28)20(13-15)30-22(23,24)25/h5-10,13H,2-4,11-12H2,1H3. The third-order valence-electron chi connectivity index (χ3n) is 5.05. The Kier molecular flexibility index (Phi) is 5.32. The van der Waals surface area contributed by atoms with Crippen LogP contribution in [0.1, 0.15) is 41.0 Å². The number of alkyl halides is 3. The highest BCUT2D eigenvalue weighted by molar-refractivity contribution is 6.23. The van der Waals surface area contributed by atoms with Crippen molar-refractivity contribution in [2.75, 3.05) is 18.0 Å². The van der Waals surface area contributed by atoms with E-state index in [2.05, 4.69) is 14.7 Å². The van der Waals surface area contributed by atoms with Gasteiger partial charge in [-0.05, 0) is 62.6 Å². The third kappa shape index (κ3) is 4.37. The van der Waals surface area contributed by atoms with Crippen molar-refractivity contribution in [2.45, 2.75) is 32.5 Å². The Morgan fingerprint density at radius 1 is 1.07 bits per heavy atom. The van der Waals surface area contributed by atoms with E-state index in [1.807, 2.05) is 4.90 Å². The number of rotatable bonds is 3. The number of anilines is 1. The number of halogens is 3. The summed E-state index contributed by atoms with van der Waals surface area (Å²) in [5.74, 6) is -0.501.